The highest BCUT2D eigenvalue weighted by molar-refractivity contribution is 5.82. The van der Waals surface area contributed by atoms with Crippen LogP contribution in [0.4, 0.5) is 5.82 Å². The number of rotatable bonds is 1. The second-order valence-electron chi connectivity index (χ2n) is 3.93. The number of hydrogen-bond acceptors (Lipinski definition) is 5. The van der Waals surface area contributed by atoms with Crippen LogP contribution in [0.25, 0.3) is 11.2 Å². The van der Waals surface area contributed by atoms with Crippen LogP contribution in [-0.2, 0) is 4.74 Å². The molecule has 16 heavy (non-hydrogen) atoms. The van der Waals surface area contributed by atoms with Crippen molar-refractivity contribution in [3.63, 3.8) is 0 Å². The quantitative estimate of drug-likeness (QED) is 0.759. The third-order valence-corrected chi connectivity index (χ3v) is 2.74. The third kappa shape index (κ3) is 1.51. The number of nitrogens with zero attached hydrogens (tertiary/aromatic N) is 4. The molecule has 0 spiro atoms. The van der Waals surface area contributed by atoms with E-state index in [0.717, 1.165) is 31.0 Å². The molecule has 84 valence electrons. The maximum atomic E-state index is 5.51. The Kier molecular flexibility index (Phi) is 2.21. The lowest BCUT2D eigenvalue weighted by atomic mass is 10.3. The lowest BCUT2D eigenvalue weighted by Gasteiger charge is -2.31. The summed E-state index contributed by atoms with van der Waals surface area (Å²) in [5.41, 5.74) is 1.61. The molecule has 0 saturated carbocycles. The number of fused-ring (bicyclic) bond motifs is 1. The summed E-state index contributed by atoms with van der Waals surface area (Å²) in [5, 5.41) is 0. The SMILES string of the molecule is CC1CN(c2ncnc3nc[nH]c23)CCO1. The molecule has 0 amide bonds. The molecule has 6 heteroatoms. The van der Waals surface area contributed by atoms with Gasteiger partial charge >= 0.3 is 0 Å². The van der Waals surface area contributed by atoms with Crippen LogP contribution in [0.2, 0.25) is 0 Å². The Hall–Kier alpha value is -1.69. The van der Waals surface area contributed by atoms with Gasteiger partial charge in [-0.25, -0.2) is 15.0 Å². The second kappa shape index (κ2) is 3.71. The number of aromatic nitrogens is 4. The molecule has 1 aliphatic rings. The van der Waals surface area contributed by atoms with E-state index < -0.39 is 0 Å². The number of anilines is 1. The van der Waals surface area contributed by atoms with Crippen LogP contribution in [0, 0.1) is 0 Å². The summed E-state index contributed by atoms with van der Waals surface area (Å²) < 4.78 is 5.51. The molecular weight excluding hydrogens is 206 g/mol. The summed E-state index contributed by atoms with van der Waals surface area (Å²) in [4.78, 5) is 17.8. The number of aromatic amines is 1. The molecule has 6 nitrogen and oxygen atoms in total. The minimum absolute atomic E-state index is 0.238. The summed E-state index contributed by atoms with van der Waals surface area (Å²) >= 11 is 0. The summed E-state index contributed by atoms with van der Waals surface area (Å²) in [6.07, 6.45) is 3.44. The third-order valence-electron chi connectivity index (χ3n) is 2.74. The van der Waals surface area contributed by atoms with Gasteiger partial charge in [0.05, 0.1) is 19.0 Å². The Morgan fingerprint density at radius 3 is 3.25 bits per heavy atom. The van der Waals surface area contributed by atoms with Crippen molar-refractivity contribution in [1.29, 1.82) is 0 Å². The summed E-state index contributed by atoms with van der Waals surface area (Å²) in [6.45, 7) is 4.51. The topological polar surface area (TPSA) is 66.9 Å². The first kappa shape index (κ1) is 9.53. The van der Waals surface area contributed by atoms with Crippen LogP contribution in [0.3, 0.4) is 0 Å². The van der Waals surface area contributed by atoms with E-state index in [2.05, 4.69) is 31.8 Å². The molecule has 3 rings (SSSR count). The fraction of sp³-hybridized carbons (Fsp3) is 0.500. The van der Waals surface area contributed by atoms with Gasteiger partial charge in [-0.05, 0) is 6.92 Å². The molecule has 1 saturated heterocycles. The van der Waals surface area contributed by atoms with E-state index in [0.29, 0.717) is 5.65 Å². The predicted octanol–water partition coefficient (Wildman–Crippen LogP) is 0.578. The van der Waals surface area contributed by atoms with Gasteiger partial charge in [-0.1, -0.05) is 0 Å². The molecule has 2 aromatic heterocycles. The number of ether oxygens (including phenoxy) is 1. The van der Waals surface area contributed by atoms with Gasteiger partial charge in [0, 0.05) is 13.1 Å². The zero-order valence-electron chi connectivity index (χ0n) is 9.05. The van der Waals surface area contributed by atoms with E-state index in [1.54, 1.807) is 12.7 Å². The van der Waals surface area contributed by atoms with Crippen LogP contribution in [0.15, 0.2) is 12.7 Å². The molecule has 1 fully saturated rings. The van der Waals surface area contributed by atoms with Crippen molar-refractivity contribution in [1.82, 2.24) is 19.9 Å². The minimum atomic E-state index is 0.238. The van der Waals surface area contributed by atoms with Gasteiger partial charge in [0.2, 0.25) is 0 Å². The Morgan fingerprint density at radius 2 is 2.38 bits per heavy atom. The Labute approximate surface area is 92.7 Å². The summed E-state index contributed by atoms with van der Waals surface area (Å²) in [7, 11) is 0. The van der Waals surface area contributed by atoms with Gasteiger partial charge < -0.3 is 14.6 Å². The normalized spacial score (nSPS) is 21.6. The first-order chi connectivity index (χ1) is 7.84. The number of hydrogen-bond donors (Lipinski definition) is 1. The van der Waals surface area contributed by atoms with Crippen LogP contribution >= 0.6 is 0 Å². The average Bonchev–Trinajstić information content (AvgIpc) is 2.76. The number of morpholine rings is 1. The maximum absolute atomic E-state index is 5.51. The van der Waals surface area contributed by atoms with Crippen molar-refractivity contribution in [2.75, 3.05) is 24.6 Å². The number of H-pyrrole nitrogens is 1. The molecule has 1 aliphatic heterocycles. The molecule has 0 bridgehead atoms. The Bertz CT molecular complexity index is 497. The molecule has 3 heterocycles. The minimum Gasteiger partial charge on any atom is -0.375 e. The average molecular weight is 219 g/mol. The zero-order valence-corrected chi connectivity index (χ0v) is 9.05. The molecule has 1 unspecified atom stereocenters. The van der Waals surface area contributed by atoms with Crippen molar-refractivity contribution in [3.8, 4) is 0 Å². The highest BCUT2D eigenvalue weighted by Crippen LogP contribution is 2.21. The van der Waals surface area contributed by atoms with Crippen molar-refractivity contribution in [2.45, 2.75) is 13.0 Å². The van der Waals surface area contributed by atoms with Crippen LogP contribution in [0.1, 0.15) is 6.92 Å². The first-order valence-electron chi connectivity index (χ1n) is 5.35. The lowest BCUT2D eigenvalue weighted by molar-refractivity contribution is 0.0530. The van der Waals surface area contributed by atoms with Crippen molar-refractivity contribution >= 4 is 17.0 Å². The number of nitrogens with one attached hydrogen (secondary N) is 1. The van der Waals surface area contributed by atoms with Gasteiger partial charge in [0.25, 0.3) is 0 Å². The maximum Gasteiger partial charge on any atom is 0.182 e. The highest BCUT2D eigenvalue weighted by atomic mass is 16.5. The molecule has 1 N–H and O–H groups in total. The first-order valence-corrected chi connectivity index (χ1v) is 5.35. The standard InChI is InChI=1S/C10H13N5O/c1-7-4-15(2-3-16-7)10-8-9(12-5-11-8)13-6-14-10/h5-7H,2-4H2,1H3,(H,11,12,13,14). The number of imidazole rings is 1. The summed E-state index contributed by atoms with van der Waals surface area (Å²) in [6, 6.07) is 0. The van der Waals surface area contributed by atoms with Crippen LogP contribution in [-0.4, -0.2) is 45.7 Å². The van der Waals surface area contributed by atoms with E-state index in [4.69, 9.17) is 4.74 Å². The second-order valence-corrected chi connectivity index (χ2v) is 3.93. The van der Waals surface area contributed by atoms with Crippen molar-refractivity contribution in [2.24, 2.45) is 0 Å². The Morgan fingerprint density at radius 1 is 1.44 bits per heavy atom. The van der Waals surface area contributed by atoms with Gasteiger partial charge in [0.15, 0.2) is 11.5 Å². The molecule has 0 radical (unpaired) electrons. The molecule has 1 atom stereocenters. The predicted molar refractivity (Wildman–Crippen MR) is 59.3 cm³/mol. The van der Waals surface area contributed by atoms with E-state index in [-0.39, 0.29) is 6.10 Å². The molecular formula is C10H13N5O. The van der Waals surface area contributed by atoms with Crippen molar-refractivity contribution in [3.05, 3.63) is 12.7 Å². The lowest BCUT2D eigenvalue weighted by Crippen LogP contribution is -2.41. The van der Waals surface area contributed by atoms with Crippen LogP contribution in [0.5, 0.6) is 0 Å². The molecule has 2 aromatic rings. The smallest absolute Gasteiger partial charge is 0.182 e. The highest BCUT2D eigenvalue weighted by Gasteiger charge is 2.20. The van der Waals surface area contributed by atoms with Crippen molar-refractivity contribution < 1.29 is 4.74 Å². The van der Waals surface area contributed by atoms with E-state index in [9.17, 15) is 0 Å². The summed E-state index contributed by atoms with van der Waals surface area (Å²) in [5.74, 6) is 0.914. The largest absolute Gasteiger partial charge is 0.375 e. The van der Waals surface area contributed by atoms with E-state index >= 15 is 0 Å². The Balaban J connectivity index is 2.01. The molecule has 0 aliphatic carbocycles. The van der Waals surface area contributed by atoms with E-state index in [1.165, 1.54) is 0 Å². The zero-order chi connectivity index (χ0) is 11.0. The van der Waals surface area contributed by atoms with Crippen LogP contribution < -0.4 is 4.90 Å². The van der Waals surface area contributed by atoms with Gasteiger partial charge in [-0.15, -0.1) is 0 Å². The van der Waals surface area contributed by atoms with Gasteiger partial charge in [-0.3, -0.25) is 0 Å². The van der Waals surface area contributed by atoms with Gasteiger partial charge in [-0.2, -0.15) is 0 Å². The fourth-order valence-electron chi connectivity index (χ4n) is 2.00. The van der Waals surface area contributed by atoms with Gasteiger partial charge in [0.1, 0.15) is 11.8 Å². The molecule has 0 aromatic carbocycles. The monoisotopic (exact) mass is 219 g/mol. The van der Waals surface area contributed by atoms with E-state index in [1.807, 2.05) is 0 Å². The fourth-order valence-corrected chi connectivity index (χ4v) is 2.00.